The Balaban J connectivity index is 1.44. The average Bonchev–Trinajstić information content (AvgIpc) is 3.07. The van der Waals surface area contributed by atoms with E-state index in [1.165, 1.54) is 12.4 Å². The Morgan fingerprint density at radius 2 is 2.08 bits per heavy atom. The second-order valence-electron chi connectivity index (χ2n) is 6.11. The van der Waals surface area contributed by atoms with E-state index < -0.39 is 0 Å². The van der Waals surface area contributed by atoms with E-state index in [4.69, 9.17) is 21.1 Å². The standard InChI is InChI=1S/C16H18ClN5O3/c17-11-7-18-16(19-8-11)25-12-3-1-4-21(10-12)14(23)13-9-20-22-5-2-6-24-15(13)22/h7-9,12H,1-6,10H2. The zero-order valence-corrected chi connectivity index (χ0v) is 14.4. The molecule has 0 spiro atoms. The number of piperidine rings is 1. The Labute approximate surface area is 149 Å². The lowest BCUT2D eigenvalue weighted by atomic mass is 10.1. The Bertz CT molecular complexity index is 764. The number of aromatic nitrogens is 4. The summed E-state index contributed by atoms with van der Waals surface area (Å²) in [6.45, 7) is 2.56. The summed E-state index contributed by atoms with van der Waals surface area (Å²) in [4.78, 5) is 22.7. The molecule has 0 radical (unpaired) electrons. The normalized spacial score (nSPS) is 19.9. The van der Waals surface area contributed by atoms with Crippen molar-refractivity contribution in [1.82, 2.24) is 24.6 Å². The molecule has 1 unspecified atom stereocenters. The van der Waals surface area contributed by atoms with Gasteiger partial charge in [-0.25, -0.2) is 14.6 Å². The van der Waals surface area contributed by atoms with Crippen molar-refractivity contribution in [3.63, 3.8) is 0 Å². The van der Waals surface area contributed by atoms with E-state index in [0.717, 1.165) is 25.8 Å². The lowest BCUT2D eigenvalue weighted by Gasteiger charge is -2.32. The van der Waals surface area contributed by atoms with Crippen molar-refractivity contribution in [3.05, 3.63) is 29.2 Å². The Morgan fingerprint density at radius 1 is 1.24 bits per heavy atom. The minimum absolute atomic E-state index is 0.0755. The first kappa shape index (κ1) is 16.1. The number of carbonyl (C=O) groups excluding carboxylic acids is 1. The summed E-state index contributed by atoms with van der Waals surface area (Å²) in [6, 6.07) is 0.273. The molecule has 0 aromatic carbocycles. The second-order valence-corrected chi connectivity index (χ2v) is 6.54. The quantitative estimate of drug-likeness (QED) is 0.826. The van der Waals surface area contributed by atoms with Crippen molar-refractivity contribution >= 4 is 17.5 Å². The molecule has 2 aliphatic rings. The summed E-state index contributed by atoms with van der Waals surface area (Å²) >= 11 is 5.78. The maximum Gasteiger partial charge on any atom is 0.316 e. The molecule has 9 heteroatoms. The van der Waals surface area contributed by atoms with Crippen LogP contribution in [0.2, 0.25) is 5.02 Å². The highest BCUT2D eigenvalue weighted by atomic mass is 35.5. The molecule has 0 saturated carbocycles. The minimum Gasteiger partial charge on any atom is -0.477 e. The molecule has 8 nitrogen and oxygen atoms in total. The molecule has 4 rings (SSSR count). The van der Waals surface area contributed by atoms with Crippen LogP contribution >= 0.6 is 11.6 Å². The van der Waals surface area contributed by atoms with Crippen LogP contribution in [0.25, 0.3) is 0 Å². The van der Waals surface area contributed by atoms with Crippen LogP contribution < -0.4 is 9.47 Å². The predicted octanol–water partition coefficient (Wildman–Crippen LogP) is 1.79. The number of amides is 1. The van der Waals surface area contributed by atoms with Gasteiger partial charge >= 0.3 is 6.01 Å². The van der Waals surface area contributed by atoms with Crippen LogP contribution in [-0.2, 0) is 6.54 Å². The van der Waals surface area contributed by atoms with E-state index in [1.807, 2.05) is 0 Å². The van der Waals surface area contributed by atoms with Gasteiger partial charge in [0.25, 0.3) is 5.91 Å². The summed E-state index contributed by atoms with van der Waals surface area (Å²) in [7, 11) is 0. The molecule has 0 bridgehead atoms. The molecule has 4 heterocycles. The summed E-state index contributed by atoms with van der Waals surface area (Å²) in [5, 5.41) is 4.71. The Kier molecular flexibility index (Phi) is 4.44. The maximum absolute atomic E-state index is 12.9. The van der Waals surface area contributed by atoms with E-state index in [-0.39, 0.29) is 18.0 Å². The van der Waals surface area contributed by atoms with Crippen LogP contribution in [0.5, 0.6) is 11.9 Å². The SMILES string of the molecule is O=C(c1cnn2c1OCCC2)N1CCCC(Oc2ncc(Cl)cn2)C1. The molecule has 2 aromatic heterocycles. The molecule has 132 valence electrons. The molecule has 2 aromatic rings. The van der Waals surface area contributed by atoms with E-state index in [0.29, 0.717) is 36.2 Å². The molecular weight excluding hydrogens is 346 g/mol. The molecule has 0 N–H and O–H groups in total. The Hall–Kier alpha value is -2.35. The van der Waals surface area contributed by atoms with Gasteiger partial charge in [-0.15, -0.1) is 0 Å². The predicted molar refractivity (Wildman–Crippen MR) is 88.9 cm³/mol. The van der Waals surface area contributed by atoms with Crippen molar-refractivity contribution in [2.24, 2.45) is 0 Å². The van der Waals surface area contributed by atoms with Crippen molar-refractivity contribution in [1.29, 1.82) is 0 Å². The van der Waals surface area contributed by atoms with Gasteiger partial charge in [-0.1, -0.05) is 11.6 Å². The lowest BCUT2D eigenvalue weighted by molar-refractivity contribution is 0.0510. The van der Waals surface area contributed by atoms with Gasteiger partial charge in [0.15, 0.2) is 0 Å². The number of rotatable bonds is 3. The van der Waals surface area contributed by atoms with Crippen LogP contribution in [-0.4, -0.2) is 56.4 Å². The van der Waals surface area contributed by atoms with Crippen molar-refractivity contribution in [2.45, 2.75) is 31.9 Å². The molecule has 0 aliphatic carbocycles. The third-order valence-electron chi connectivity index (χ3n) is 4.31. The number of hydrogen-bond donors (Lipinski definition) is 0. The van der Waals surface area contributed by atoms with Gasteiger partial charge in [-0.05, 0) is 12.8 Å². The van der Waals surface area contributed by atoms with E-state index in [1.54, 1.807) is 15.8 Å². The summed E-state index contributed by atoms with van der Waals surface area (Å²) in [6.07, 6.45) is 7.04. The largest absolute Gasteiger partial charge is 0.477 e. The molecule has 1 amide bonds. The monoisotopic (exact) mass is 363 g/mol. The van der Waals surface area contributed by atoms with E-state index in [9.17, 15) is 4.79 Å². The zero-order chi connectivity index (χ0) is 17.2. The van der Waals surface area contributed by atoms with Gasteiger partial charge in [0, 0.05) is 19.5 Å². The van der Waals surface area contributed by atoms with Crippen molar-refractivity contribution < 1.29 is 14.3 Å². The van der Waals surface area contributed by atoms with Gasteiger partial charge in [0.05, 0.1) is 36.8 Å². The molecular formula is C16H18ClN5O3. The first-order valence-corrected chi connectivity index (χ1v) is 8.70. The number of carbonyl (C=O) groups is 1. The number of ether oxygens (including phenoxy) is 2. The van der Waals surface area contributed by atoms with Gasteiger partial charge in [-0.2, -0.15) is 5.10 Å². The highest BCUT2D eigenvalue weighted by molar-refractivity contribution is 6.30. The fraction of sp³-hybridized carbons (Fsp3) is 0.500. The van der Waals surface area contributed by atoms with Crippen LogP contribution in [0.4, 0.5) is 0 Å². The fourth-order valence-electron chi connectivity index (χ4n) is 3.12. The number of aryl methyl sites for hydroxylation is 1. The highest BCUT2D eigenvalue weighted by Gasteiger charge is 2.30. The summed E-state index contributed by atoms with van der Waals surface area (Å²) < 4.78 is 13.2. The third-order valence-corrected chi connectivity index (χ3v) is 4.50. The van der Waals surface area contributed by atoms with Crippen LogP contribution in [0.1, 0.15) is 29.6 Å². The van der Waals surface area contributed by atoms with Gasteiger partial charge in [0.1, 0.15) is 11.7 Å². The second kappa shape index (κ2) is 6.87. The number of likely N-dealkylation sites (tertiary alicyclic amines) is 1. The van der Waals surface area contributed by atoms with Gasteiger partial charge in [0.2, 0.25) is 5.88 Å². The smallest absolute Gasteiger partial charge is 0.316 e. The topological polar surface area (TPSA) is 82.4 Å². The average molecular weight is 364 g/mol. The number of nitrogens with zero attached hydrogens (tertiary/aromatic N) is 5. The highest BCUT2D eigenvalue weighted by Crippen LogP contribution is 2.25. The Morgan fingerprint density at radius 3 is 2.92 bits per heavy atom. The fourth-order valence-corrected chi connectivity index (χ4v) is 3.21. The number of fused-ring (bicyclic) bond motifs is 1. The zero-order valence-electron chi connectivity index (χ0n) is 13.6. The first-order chi connectivity index (χ1) is 12.2. The van der Waals surface area contributed by atoms with E-state index in [2.05, 4.69) is 15.1 Å². The van der Waals surface area contributed by atoms with Gasteiger partial charge in [-0.3, -0.25) is 4.79 Å². The molecule has 25 heavy (non-hydrogen) atoms. The van der Waals surface area contributed by atoms with Gasteiger partial charge < -0.3 is 14.4 Å². The van der Waals surface area contributed by atoms with Crippen LogP contribution in [0.15, 0.2) is 18.6 Å². The molecule has 1 atom stereocenters. The minimum atomic E-state index is -0.147. The first-order valence-electron chi connectivity index (χ1n) is 8.33. The number of hydrogen-bond acceptors (Lipinski definition) is 6. The van der Waals surface area contributed by atoms with Crippen molar-refractivity contribution in [2.75, 3.05) is 19.7 Å². The molecule has 1 saturated heterocycles. The van der Waals surface area contributed by atoms with Crippen molar-refractivity contribution in [3.8, 4) is 11.9 Å². The number of halogens is 1. The summed E-state index contributed by atoms with van der Waals surface area (Å²) in [5.74, 6) is 0.494. The summed E-state index contributed by atoms with van der Waals surface area (Å²) in [5.41, 5.74) is 0.517. The lowest BCUT2D eigenvalue weighted by Crippen LogP contribution is -2.44. The molecule has 2 aliphatic heterocycles. The van der Waals surface area contributed by atoms with Crippen LogP contribution in [0.3, 0.4) is 0 Å². The van der Waals surface area contributed by atoms with Crippen LogP contribution in [0, 0.1) is 0 Å². The van der Waals surface area contributed by atoms with E-state index >= 15 is 0 Å². The third kappa shape index (κ3) is 3.39. The maximum atomic E-state index is 12.9. The molecule has 1 fully saturated rings.